The topological polar surface area (TPSA) is 81.1 Å². The smallest absolute Gasteiger partial charge is 0.266 e. The zero-order valence-electron chi connectivity index (χ0n) is 12.6. The van der Waals surface area contributed by atoms with Crippen LogP contribution in [0.3, 0.4) is 0 Å². The first kappa shape index (κ1) is 14.2. The van der Waals surface area contributed by atoms with Gasteiger partial charge in [0.25, 0.3) is 5.95 Å². The second-order valence-corrected chi connectivity index (χ2v) is 4.96. The summed E-state index contributed by atoms with van der Waals surface area (Å²) in [5.41, 5.74) is 0.897. The Morgan fingerprint density at radius 3 is 2.68 bits per heavy atom. The molecule has 0 unspecified atom stereocenters. The van der Waals surface area contributed by atoms with Crippen LogP contribution in [0.25, 0.3) is 11.5 Å². The molecule has 0 bridgehead atoms. The van der Waals surface area contributed by atoms with Gasteiger partial charge in [0, 0.05) is 19.0 Å². The van der Waals surface area contributed by atoms with Gasteiger partial charge in [-0.05, 0) is 23.7 Å². The first-order chi connectivity index (χ1) is 10.8. The first-order valence-corrected chi connectivity index (χ1v) is 7.17. The summed E-state index contributed by atoms with van der Waals surface area (Å²) < 4.78 is 10.8. The predicted molar refractivity (Wildman–Crippen MR) is 80.1 cm³/mol. The number of hydrogen-bond donors (Lipinski definition) is 0. The molecule has 0 saturated heterocycles. The van der Waals surface area contributed by atoms with Gasteiger partial charge >= 0.3 is 0 Å². The Hall–Kier alpha value is -2.70. The summed E-state index contributed by atoms with van der Waals surface area (Å²) >= 11 is 0. The lowest BCUT2D eigenvalue weighted by Gasteiger charge is -2.10. The van der Waals surface area contributed by atoms with Crippen LogP contribution in [0.15, 0.2) is 39.3 Å². The quantitative estimate of drug-likeness (QED) is 0.692. The molecule has 0 N–H and O–H groups in total. The van der Waals surface area contributed by atoms with Crippen molar-refractivity contribution in [2.75, 3.05) is 11.9 Å². The minimum absolute atomic E-state index is 0.422. The van der Waals surface area contributed by atoms with Crippen molar-refractivity contribution in [3.8, 4) is 11.5 Å². The fourth-order valence-electron chi connectivity index (χ4n) is 2.00. The zero-order valence-corrected chi connectivity index (χ0v) is 12.6. The van der Waals surface area contributed by atoms with Gasteiger partial charge in [0.2, 0.25) is 17.7 Å². The maximum atomic E-state index is 5.67. The largest absolute Gasteiger partial charge is 0.419 e. The normalized spacial score (nSPS) is 10.8. The highest BCUT2D eigenvalue weighted by atomic mass is 16.5. The molecule has 22 heavy (non-hydrogen) atoms. The summed E-state index contributed by atoms with van der Waals surface area (Å²) in [6.07, 6.45) is 1.75. The molecule has 0 fully saturated rings. The Morgan fingerprint density at radius 2 is 1.91 bits per heavy atom. The van der Waals surface area contributed by atoms with Gasteiger partial charge in [-0.2, -0.15) is 4.98 Å². The third kappa shape index (κ3) is 3.13. The fraction of sp³-hybridized carbons (Fsp3) is 0.333. The molecule has 7 heteroatoms. The summed E-state index contributed by atoms with van der Waals surface area (Å²) in [5.74, 6) is 2.16. The van der Waals surface area contributed by atoms with Crippen LogP contribution in [0.1, 0.15) is 25.1 Å². The van der Waals surface area contributed by atoms with Crippen LogP contribution in [-0.4, -0.2) is 27.4 Å². The third-order valence-corrected chi connectivity index (χ3v) is 3.12. The Morgan fingerprint density at radius 1 is 1.09 bits per heavy atom. The minimum atomic E-state index is 0.422. The Balaban J connectivity index is 1.69. The minimum Gasteiger partial charge on any atom is -0.419 e. The third-order valence-electron chi connectivity index (χ3n) is 3.12. The molecule has 0 atom stereocenters. The SMILES string of the molecule is CCCc1nc(N(C)Cc2nnc(-c3ccccc3)o2)no1. The van der Waals surface area contributed by atoms with E-state index in [1.165, 1.54) is 0 Å². The number of aryl methyl sites for hydroxylation is 1. The summed E-state index contributed by atoms with van der Waals surface area (Å²) in [5, 5.41) is 12.1. The number of rotatable bonds is 6. The van der Waals surface area contributed by atoms with E-state index in [4.69, 9.17) is 8.94 Å². The lowest BCUT2D eigenvalue weighted by Crippen LogP contribution is -2.18. The molecule has 0 aliphatic rings. The van der Waals surface area contributed by atoms with Crippen molar-refractivity contribution in [1.82, 2.24) is 20.3 Å². The Kier molecular flexibility index (Phi) is 4.13. The molecule has 0 spiro atoms. The molecule has 2 heterocycles. The molecule has 2 aromatic heterocycles. The number of hydrogen-bond acceptors (Lipinski definition) is 7. The monoisotopic (exact) mass is 299 g/mol. The molecular weight excluding hydrogens is 282 g/mol. The van der Waals surface area contributed by atoms with Crippen LogP contribution in [-0.2, 0) is 13.0 Å². The Labute approximate surface area is 128 Å². The first-order valence-electron chi connectivity index (χ1n) is 7.17. The molecule has 0 aliphatic heterocycles. The summed E-state index contributed by atoms with van der Waals surface area (Å²) in [6.45, 7) is 2.49. The number of nitrogens with zero attached hydrogens (tertiary/aromatic N) is 5. The van der Waals surface area contributed by atoms with Crippen LogP contribution in [0.5, 0.6) is 0 Å². The summed E-state index contributed by atoms with van der Waals surface area (Å²) in [7, 11) is 1.85. The number of aromatic nitrogens is 4. The van der Waals surface area contributed by atoms with Gasteiger partial charge in [-0.25, -0.2) is 0 Å². The van der Waals surface area contributed by atoms with E-state index < -0.39 is 0 Å². The molecule has 3 aromatic rings. The van der Waals surface area contributed by atoms with Gasteiger partial charge in [0.05, 0.1) is 6.54 Å². The molecule has 0 amide bonds. The average Bonchev–Trinajstić information content (AvgIpc) is 3.18. The van der Waals surface area contributed by atoms with Crippen LogP contribution < -0.4 is 4.90 Å². The van der Waals surface area contributed by atoms with Crippen LogP contribution in [0, 0.1) is 0 Å². The van der Waals surface area contributed by atoms with E-state index in [2.05, 4.69) is 27.3 Å². The average molecular weight is 299 g/mol. The van der Waals surface area contributed by atoms with Crippen molar-refractivity contribution in [3.63, 3.8) is 0 Å². The molecule has 114 valence electrons. The van der Waals surface area contributed by atoms with Gasteiger partial charge in [-0.3, -0.25) is 0 Å². The van der Waals surface area contributed by atoms with Crippen LogP contribution in [0.4, 0.5) is 5.95 Å². The van der Waals surface area contributed by atoms with Crippen LogP contribution in [0.2, 0.25) is 0 Å². The van der Waals surface area contributed by atoms with Crippen LogP contribution >= 0.6 is 0 Å². The molecular formula is C15H17N5O2. The summed E-state index contributed by atoms with van der Waals surface area (Å²) in [6, 6.07) is 9.66. The van der Waals surface area contributed by atoms with Gasteiger partial charge in [-0.15, -0.1) is 10.2 Å². The molecule has 0 aliphatic carbocycles. The van der Waals surface area contributed by atoms with Crippen molar-refractivity contribution in [1.29, 1.82) is 0 Å². The maximum absolute atomic E-state index is 5.67. The highest BCUT2D eigenvalue weighted by molar-refractivity contribution is 5.51. The van der Waals surface area contributed by atoms with E-state index in [1.807, 2.05) is 42.3 Å². The van der Waals surface area contributed by atoms with E-state index in [9.17, 15) is 0 Å². The van der Waals surface area contributed by atoms with Crippen molar-refractivity contribution in [2.24, 2.45) is 0 Å². The van der Waals surface area contributed by atoms with E-state index in [-0.39, 0.29) is 0 Å². The van der Waals surface area contributed by atoms with E-state index in [0.717, 1.165) is 18.4 Å². The molecule has 1 aromatic carbocycles. The zero-order chi connectivity index (χ0) is 15.4. The molecule has 0 saturated carbocycles. The van der Waals surface area contributed by atoms with Gasteiger partial charge in [0.15, 0.2) is 0 Å². The van der Waals surface area contributed by atoms with Crippen molar-refractivity contribution < 1.29 is 8.94 Å². The number of anilines is 1. The fourth-order valence-corrected chi connectivity index (χ4v) is 2.00. The van der Waals surface area contributed by atoms with Crippen molar-refractivity contribution in [3.05, 3.63) is 42.1 Å². The summed E-state index contributed by atoms with van der Waals surface area (Å²) in [4.78, 5) is 6.13. The van der Waals surface area contributed by atoms with Crippen molar-refractivity contribution >= 4 is 5.95 Å². The van der Waals surface area contributed by atoms with E-state index in [1.54, 1.807) is 0 Å². The second kappa shape index (κ2) is 6.38. The van der Waals surface area contributed by atoms with E-state index in [0.29, 0.717) is 30.2 Å². The molecule has 7 nitrogen and oxygen atoms in total. The molecule has 3 rings (SSSR count). The maximum Gasteiger partial charge on any atom is 0.266 e. The highest BCUT2D eigenvalue weighted by Crippen LogP contribution is 2.18. The van der Waals surface area contributed by atoms with Gasteiger partial charge in [0.1, 0.15) is 0 Å². The van der Waals surface area contributed by atoms with Crippen molar-refractivity contribution in [2.45, 2.75) is 26.3 Å². The Bertz CT molecular complexity index is 722. The highest BCUT2D eigenvalue weighted by Gasteiger charge is 2.14. The van der Waals surface area contributed by atoms with E-state index >= 15 is 0 Å². The number of benzene rings is 1. The van der Waals surface area contributed by atoms with Gasteiger partial charge in [-0.1, -0.05) is 25.1 Å². The second-order valence-electron chi connectivity index (χ2n) is 4.96. The standard InChI is InChI=1S/C15H17N5O2/c1-3-7-12-16-15(19-22-12)20(2)10-13-17-18-14(21-13)11-8-5-4-6-9-11/h4-6,8-9H,3,7,10H2,1-2H3. The lowest BCUT2D eigenvalue weighted by atomic mass is 10.2. The lowest BCUT2D eigenvalue weighted by molar-refractivity contribution is 0.376. The molecule has 0 radical (unpaired) electrons. The van der Waals surface area contributed by atoms with Gasteiger partial charge < -0.3 is 13.8 Å². The predicted octanol–water partition coefficient (Wildman–Crippen LogP) is 2.71.